The monoisotopic (exact) mass is 594 g/mol. The minimum Gasteiger partial charge on any atom is -0.423 e. The van der Waals surface area contributed by atoms with E-state index in [4.69, 9.17) is 0 Å². The first kappa shape index (κ1) is 30.4. The Morgan fingerprint density at radius 3 is 2.09 bits per heavy atom. The van der Waals surface area contributed by atoms with Crippen LogP contribution in [0.3, 0.4) is 0 Å². The van der Waals surface area contributed by atoms with E-state index in [1.807, 2.05) is 48.5 Å². The molecule has 0 amide bonds. The highest BCUT2D eigenvalue weighted by atomic mass is 19.1. The topological polar surface area (TPSA) is 48.6 Å². The Morgan fingerprint density at radius 2 is 1.33 bits per heavy atom. The zero-order valence-corrected chi connectivity index (χ0v) is 25.5. The average molecular weight is 595 g/mol. The van der Waals surface area contributed by atoms with Crippen molar-refractivity contribution in [3.8, 4) is 11.8 Å². The maximum atomic E-state index is 13.7. The van der Waals surface area contributed by atoms with E-state index in [1.165, 1.54) is 33.9 Å². The lowest BCUT2D eigenvalue weighted by molar-refractivity contribution is 0.248. The van der Waals surface area contributed by atoms with E-state index in [-0.39, 0.29) is 5.82 Å². The molecule has 0 unspecified atom stereocenters. The smallest absolute Gasteiger partial charge is 0.423 e. The summed E-state index contributed by atoms with van der Waals surface area (Å²) in [5.41, 5.74) is 7.82. The minimum atomic E-state index is -1.56. The van der Waals surface area contributed by atoms with Gasteiger partial charge in [0.1, 0.15) is 5.82 Å². The normalized spacial score (nSPS) is 11.2. The van der Waals surface area contributed by atoms with Gasteiger partial charge in [-0.15, -0.1) is 0 Å². The summed E-state index contributed by atoms with van der Waals surface area (Å²) < 4.78 is 16.1. The molecule has 6 heteroatoms. The van der Waals surface area contributed by atoms with E-state index in [1.54, 1.807) is 18.2 Å². The van der Waals surface area contributed by atoms with Crippen LogP contribution in [0.15, 0.2) is 115 Å². The van der Waals surface area contributed by atoms with Gasteiger partial charge in [0.2, 0.25) is 0 Å². The van der Waals surface area contributed by atoms with Gasteiger partial charge in [-0.25, -0.2) is 4.39 Å². The molecule has 2 N–H and O–H groups in total. The first-order chi connectivity index (χ1) is 22.0. The third-order valence-corrected chi connectivity index (χ3v) is 8.24. The zero-order chi connectivity index (χ0) is 31.2. The summed E-state index contributed by atoms with van der Waals surface area (Å²) >= 11 is 0. The van der Waals surface area contributed by atoms with Crippen molar-refractivity contribution in [2.24, 2.45) is 0 Å². The van der Waals surface area contributed by atoms with Crippen LogP contribution in [0.2, 0.25) is 0 Å². The summed E-state index contributed by atoms with van der Waals surface area (Å²) in [5.74, 6) is 6.38. The molecule has 6 aromatic rings. The Bertz CT molecular complexity index is 1970. The Labute approximate surface area is 264 Å². The molecule has 1 heterocycles. The van der Waals surface area contributed by atoms with Crippen molar-refractivity contribution >= 4 is 34.4 Å². The summed E-state index contributed by atoms with van der Waals surface area (Å²) in [6.07, 6.45) is 2.21. The Kier molecular flexibility index (Phi) is 9.42. The molecule has 0 saturated carbocycles. The second-order valence-electron chi connectivity index (χ2n) is 11.5. The molecule has 0 bridgehead atoms. The van der Waals surface area contributed by atoms with Crippen LogP contribution in [0.4, 0.5) is 4.39 Å². The van der Waals surface area contributed by atoms with E-state index in [2.05, 4.69) is 64.6 Å². The van der Waals surface area contributed by atoms with Gasteiger partial charge in [0, 0.05) is 59.1 Å². The van der Waals surface area contributed by atoms with Crippen molar-refractivity contribution in [3.05, 3.63) is 149 Å². The summed E-state index contributed by atoms with van der Waals surface area (Å²) in [6, 6.07) is 37.2. The quantitative estimate of drug-likeness (QED) is 0.133. The number of aromatic nitrogens is 1. The van der Waals surface area contributed by atoms with Crippen LogP contribution in [-0.2, 0) is 26.2 Å². The molecule has 0 aliphatic heterocycles. The fourth-order valence-electron chi connectivity index (χ4n) is 6.00. The number of aryl methyl sites for hydroxylation is 1. The molecule has 0 aliphatic carbocycles. The van der Waals surface area contributed by atoms with Crippen LogP contribution >= 0.6 is 0 Å². The Hall–Kier alpha value is -4.67. The predicted molar refractivity (Wildman–Crippen MR) is 182 cm³/mol. The molecule has 45 heavy (non-hydrogen) atoms. The molecule has 0 spiro atoms. The van der Waals surface area contributed by atoms with Crippen LogP contribution in [0.25, 0.3) is 21.8 Å². The molecular weight excluding hydrogens is 558 g/mol. The molecule has 1 aromatic heterocycles. The molecule has 0 radical (unpaired) electrons. The van der Waals surface area contributed by atoms with Gasteiger partial charge >= 0.3 is 7.12 Å². The van der Waals surface area contributed by atoms with Gasteiger partial charge in [-0.3, -0.25) is 4.90 Å². The summed E-state index contributed by atoms with van der Waals surface area (Å²) in [5, 5.41) is 22.4. The molecule has 6 rings (SSSR count). The number of fused-ring (bicyclic) bond motifs is 3. The summed E-state index contributed by atoms with van der Waals surface area (Å²) in [4.78, 5) is 2.25. The number of halogens is 1. The zero-order valence-electron chi connectivity index (χ0n) is 25.5. The van der Waals surface area contributed by atoms with Crippen molar-refractivity contribution in [1.29, 1.82) is 0 Å². The summed E-state index contributed by atoms with van der Waals surface area (Å²) in [6.45, 7) is 4.86. The van der Waals surface area contributed by atoms with Gasteiger partial charge in [-0.05, 0) is 83.2 Å². The van der Waals surface area contributed by atoms with Crippen LogP contribution < -0.4 is 5.46 Å². The van der Waals surface area contributed by atoms with Crippen molar-refractivity contribution < 1.29 is 14.4 Å². The number of nitrogens with zero attached hydrogens (tertiary/aromatic N) is 2. The average Bonchev–Trinajstić information content (AvgIpc) is 3.36. The fourth-order valence-corrected chi connectivity index (χ4v) is 6.00. The van der Waals surface area contributed by atoms with Crippen LogP contribution in [-0.4, -0.2) is 26.6 Å². The molecule has 0 fully saturated rings. The predicted octanol–water partition coefficient (Wildman–Crippen LogP) is 7.02. The lowest BCUT2D eigenvalue weighted by atomic mass is 9.77. The molecule has 0 aliphatic rings. The van der Waals surface area contributed by atoms with E-state index < -0.39 is 7.12 Å². The van der Waals surface area contributed by atoms with Gasteiger partial charge in [0.15, 0.2) is 0 Å². The van der Waals surface area contributed by atoms with Crippen molar-refractivity contribution in [2.45, 2.75) is 45.9 Å². The highest BCUT2D eigenvalue weighted by molar-refractivity contribution is 6.59. The number of unbranched alkanes of at least 4 members (excludes halogenated alkanes) is 1. The van der Waals surface area contributed by atoms with Gasteiger partial charge in [0.25, 0.3) is 0 Å². The first-order valence-electron chi connectivity index (χ1n) is 15.5. The van der Waals surface area contributed by atoms with Crippen LogP contribution in [0, 0.1) is 17.7 Å². The molecule has 224 valence electrons. The number of hydrogen-bond acceptors (Lipinski definition) is 3. The maximum absolute atomic E-state index is 13.7. The second kappa shape index (κ2) is 14.0. The number of rotatable bonds is 10. The third-order valence-electron chi connectivity index (χ3n) is 8.24. The van der Waals surface area contributed by atoms with Gasteiger partial charge in [0.05, 0.1) is 0 Å². The Balaban J connectivity index is 1.39. The Morgan fingerprint density at radius 1 is 0.689 bits per heavy atom. The first-order valence-corrected chi connectivity index (χ1v) is 15.5. The molecule has 4 nitrogen and oxygen atoms in total. The third kappa shape index (κ3) is 7.19. The van der Waals surface area contributed by atoms with Gasteiger partial charge in [-0.1, -0.05) is 85.8 Å². The minimum absolute atomic E-state index is 0.267. The SMILES string of the molecule is CCCCn1c2ccc(C#Cc3ccccc3)cc2c2cc(CN(Cc3ccc(F)cc3)Cc3ccccc3B(O)O)ccc21. The molecule has 0 atom stereocenters. The standard InChI is InChI=1S/C39H36BFN2O2/c1-2-3-23-43-38-21-17-30(14-13-29-9-5-4-6-10-29)24-35(38)36-25-32(18-22-39(36)43)27-42(26-31-15-19-34(41)20-16-31)28-33-11-7-8-12-37(33)40(44)45/h4-12,15-22,24-25,44-45H,2-3,23,26-28H2,1H3. The fraction of sp³-hybridized carbons (Fsp3) is 0.179. The summed E-state index contributed by atoms with van der Waals surface area (Å²) in [7, 11) is -1.56. The van der Waals surface area contributed by atoms with Crippen LogP contribution in [0.5, 0.6) is 0 Å². The van der Waals surface area contributed by atoms with Crippen molar-refractivity contribution in [3.63, 3.8) is 0 Å². The number of hydrogen-bond donors (Lipinski definition) is 2. The van der Waals surface area contributed by atoms with Crippen LogP contribution in [0.1, 0.15) is 47.6 Å². The molecular formula is C39H36BFN2O2. The van der Waals surface area contributed by atoms with E-state index in [0.29, 0.717) is 25.1 Å². The number of benzene rings is 5. The van der Waals surface area contributed by atoms with Crippen molar-refractivity contribution in [1.82, 2.24) is 9.47 Å². The second-order valence-corrected chi connectivity index (χ2v) is 11.5. The van der Waals surface area contributed by atoms with Gasteiger partial charge < -0.3 is 14.6 Å². The largest absolute Gasteiger partial charge is 0.488 e. The highest BCUT2D eigenvalue weighted by Crippen LogP contribution is 2.32. The maximum Gasteiger partial charge on any atom is 0.488 e. The van der Waals surface area contributed by atoms with Gasteiger partial charge in [-0.2, -0.15) is 0 Å². The van der Waals surface area contributed by atoms with E-state index >= 15 is 0 Å². The lowest BCUT2D eigenvalue weighted by Crippen LogP contribution is -2.35. The molecule has 5 aromatic carbocycles. The van der Waals surface area contributed by atoms with E-state index in [0.717, 1.165) is 47.2 Å². The van der Waals surface area contributed by atoms with Crippen molar-refractivity contribution in [2.75, 3.05) is 0 Å². The van der Waals surface area contributed by atoms with E-state index in [9.17, 15) is 14.4 Å². The highest BCUT2D eigenvalue weighted by Gasteiger charge is 2.19. The molecule has 0 saturated heterocycles. The lowest BCUT2D eigenvalue weighted by Gasteiger charge is -2.24.